The van der Waals surface area contributed by atoms with Gasteiger partial charge in [-0.2, -0.15) is 0 Å². The van der Waals surface area contributed by atoms with E-state index in [9.17, 15) is 4.79 Å². The summed E-state index contributed by atoms with van der Waals surface area (Å²) in [6.45, 7) is 1.95. The van der Waals surface area contributed by atoms with E-state index in [1.54, 1.807) is 0 Å². The maximum absolute atomic E-state index is 12.7. The molecule has 5 heteroatoms. The second-order valence-electron chi connectivity index (χ2n) is 6.13. The van der Waals surface area contributed by atoms with Crippen molar-refractivity contribution in [3.8, 4) is 11.5 Å². The predicted molar refractivity (Wildman–Crippen MR) is 95.7 cm³/mol. The largest absolute Gasteiger partial charge is 0.486 e. The van der Waals surface area contributed by atoms with Gasteiger partial charge in [-0.15, -0.1) is 0 Å². The minimum Gasteiger partial charge on any atom is -0.486 e. The summed E-state index contributed by atoms with van der Waals surface area (Å²) >= 11 is 3.43. The number of hydrogen-bond donors (Lipinski definition) is 0. The molecule has 2 aliphatic heterocycles. The summed E-state index contributed by atoms with van der Waals surface area (Å²) in [5, 5.41) is 0. The van der Waals surface area contributed by atoms with Crippen molar-refractivity contribution < 1.29 is 14.3 Å². The summed E-state index contributed by atoms with van der Waals surface area (Å²) in [5.41, 5.74) is 2.09. The maximum Gasteiger partial charge on any atom is 0.230 e. The number of rotatable bonds is 3. The van der Waals surface area contributed by atoms with Crippen LogP contribution in [0.4, 0.5) is 5.69 Å². The molecule has 2 aromatic rings. The van der Waals surface area contributed by atoms with Crippen molar-refractivity contribution in [2.75, 3.05) is 24.7 Å². The van der Waals surface area contributed by atoms with E-state index in [0.717, 1.165) is 46.6 Å². The fourth-order valence-electron chi connectivity index (χ4n) is 3.30. The zero-order chi connectivity index (χ0) is 16.5. The molecule has 0 aromatic heterocycles. The zero-order valence-corrected chi connectivity index (χ0v) is 14.8. The van der Waals surface area contributed by atoms with Gasteiger partial charge in [-0.05, 0) is 54.8 Å². The van der Waals surface area contributed by atoms with Gasteiger partial charge in [0, 0.05) is 22.6 Å². The molecule has 1 amide bonds. The highest BCUT2D eigenvalue weighted by Crippen LogP contribution is 2.33. The lowest BCUT2D eigenvalue weighted by Crippen LogP contribution is -2.27. The molecule has 0 aliphatic carbocycles. The highest BCUT2D eigenvalue weighted by molar-refractivity contribution is 9.10. The zero-order valence-electron chi connectivity index (χ0n) is 13.2. The van der Waals surface area contributed by atoms with Crippen LogP contribution < -0.4 is 14.4 Å². The van der Waals surface area contributed by atoms with Gasteiger partial charge < -0.3 is 14.4 Å². The van der Waals surface area contributed by atoms with Crippen LogP contribution in [0.2, 0.25) is 0 Å². The van der Waals surface area contributed by atoms with Crippen LogP contribution >= 0.6 is 15.9 Å². The van der Waals surface area contributed by atoms with E-state index in [1.165, 1.54) is 0 Å². The Morgan fingerprint density at radius 1 is 1.04 bits per heavy atom. The van der Waals surface area contributed by atoms with E-state index in [0.29, 0.717) is 13.2 Å². The summed E-state index contributed by atoms with van der Waals surface area (Å²) in [5.74, 6) is 1.80. The molecule has 1 atom stereocenters. The van der Waals surface area contributed by atoms with Gasteiger partial charge in [-0.1, -0.05) is 22.0 Å². The number of carbonyl (C=O) groups is 1. The normalized spacial score (nSPS) is 19.6. The topological polar surface area (TPSA) is 38.8 Å². The lowest BCUT2D eigenvalue weighted by atomic mass is 9.97. The van der Waals surface area contributed by atoms with Gasteiger partial charge >= 0.3 is 0 Å². The molecule has 1 saturated heterocycles. The first kappa shape index (κ1) is 15.5. The van der Waals surface area contributed by atoms with Crippen molar-refractivity contribution in [2.24, 2.45) is 5.92 Å². The Bertz CT molecular complexity index is 760. The first-order chi connectivity index (χ1) is 11.7. The predicted octanol–water partition coefficient (Wildman–Crippen LogP) is 3.82. The second kappa shape index (κ2) is 6.48. The van der Waals surface area contributed by atoms with E-state index in [1.807, 2.05) is 47.4 Å². The van der Waals surface area contributed by atoms with E-state index in [-0.39, 0.29) is 11.8 Å². The fraction of sp³-hybridized carbons (Fsp3) is 0.316. The first-order valence-electron chi connectivity index (χ1n) is 8.16. The van der Waals surface area contributed by atoms with Crippen molar-refractivity contribution >= 4 is 27.5 Å². The lowest BCUT2D eigenvalue weighted by Gasteiger charge is -2.20. The van der Waals surface area contributed by atoms with Gasteiger partial charge in [0.15, 0.2) is 11.5 Å². The summed E-state index contributed by atoms with van der Waals surface area (Å²) in [6, 6.07) is 13.9. The van der Waals surface area contributed by atoms with Crippen LogP contribution in [-0.4, -0.2) is 25.7 Å². The van der Waals surface area contributed by atoms with Crippen LogP contribution in [0.1, 0.15) is 12.0 Å². The molecular formula is C19H18BrNO3. The van der Waals surface area contributed by atoms with Gasteiger partial charge in [-0.25, -0.2) is 0 Å². The van der Waals surface area contributed by atoms with Crippen molar-refractivity contribution in [1.29, 1.82) is 0 Å². The highest BCUT2D eigenvalue weighted by Gasteiger charge is 2.32. The van der Waals surface area contributed by atoms with Gasteiger partial charge in [0.2, 0.25) is 5.91 Å². The molecule has 124 valence electrons. The number of halogens is 1. The lowest BCUT2D eigenvalue weighted by molar-refractivity contribution is -0.120. The third-order valence-electron chi connectivity index (χ3n) is 4.54. The van der Waals surface area contributed by atoms with Crippen LogP contribution in [0, 0.1) is 5.92 Å². The van der Waals surface area contributed by atoms with Crippen molar-refractivity contribution in [2.45, 2.75) is 12.8 Å². The van der Waals surface area contributed by atoms with Crippen molar-refractivity contribution in [3.63, 3.8) is 0 Å². The minimum atomic E-state index is 0.0243. The Labute approximate surface area is 149 Å². The Hall–Kier alpha value is -2.01. The van der Waals surface area contributed by atoms with Crippen molar-refractivity contribution in [3.05, 3.63) is 52.5 Å². The van der Waals surface area contributed by atoms with Gasteiger partial charge in [0.25, 0.3) is 0 Å². The number of fused-ring (bicyclic) bond motifs is 1. The number of nitrogens with zero attached hydrogens (tertiary/aromatic N) is 1. The molecule has 4 rings (SSSR count). The minimum absolute atomic E-state index is 0.0243. The number of carbonyl (C=O) groups excluding carboxylic acids is 1. The van der Waals surface area contributed by atoms with Gasteiger partial charge in [-0.3, -0.25) is 4.79 Å². The highest BCUT2D eigenvalue weighted by atomic mass is 79.9. The third kappa shape index (κ3) is 3.00. The Kier molecular flexibility index (Phi) is 4.19. The average Bonchev–Trinajstić information content (AvgIpc) is 2.96. The summed E-state index contributed by atoms with van der Waals surface area (Å²) < 4.78 is 12.2. The number of benzene rings is 2. The molecular weight excluding hydrogens is 370 g/mol. The Morgan fingerprint density at radius 2 is 1.79 bits per heavy atom. The summed E-state index contributed by atoms with van der Waals surface area (Å²) in [4.78, 5) is 14.6. The van der Waals surface area contributed by atoms with Crippen LogP contribution in [0.3, 0.4) is 0 Å². The number of hydrogen-bond acceptors (Lipinski definition) is 3. The summed E-state index contributed by atoms with van der Waals surface area (Å²) in [6.07, 6.45) is 1.62. The molecule has 0 saturated carbocycles. The van der Waals surface area contributed by atoms with Crippen molar-refractivity contribution in [1.82, 2.24) is 0 Å². The molecule has 1 unspecified atom stereocenters. The Morgan fingerprint density at radius 3 is 2.58 bits per heavy atom. The quantitative estimate of drug-likeness (QED) is 0.803. The summed E-state index contributed by atoms with van der Waals surface area (Å²) in [7, 11) is 0. The Balaban J connectivity index is 1.48. The molecule has 0 spiro atoms. The molecule has 2 heterocycles. The number of anilines is 1. The van der Waals surface area contributed by atoms with E-state index in [2.05, 4.69) is 15.9 Å². The molecule has 1 fully saturated rings. The molecule has 2 aromatic carbocycles. The van der Waals surface area contributed by atoms with E-state index >= 15 is 0 Å². The first-order valence-corrected chi connectivity index (χ1v) is 8.95. The molecule has 0 bridgehead atoms. The third-order valence-corrected chi connectivity index (χ3v) is 5.07. The maximum atomic E-state index is 12.7. The molecule has 4 nitrogen and oxygen atoms in total. The number of ether oxygens (including phenoxy) is 2. The number of amides is 1. The molecule has 0 radical (unpaired) electrons. The van der Waals surface area contributed by atoms with Crippen LogP contribution in [0.25, 0.3) is 0 Å². The smallest absolute Gasteiger partial charge is 0.230 e. The average molecular weight is 388 g/mol. The van der Waals surface area contributed by atoms with Crippen LogP contribution in [-0.2, 0) is 11.2 Å². The van der Waals surface area contributed by atoms with Crippen LogP contribution in [0.5, 0.6) is 11.5 Å². The fourth-order valence-corrected chi connectivity index (χ4v) is 3.57. The van der Waals surface area contributed by atoms with E-state index < -0.39 is 0 Å². The monoisotopic (exact) mass is 387 g/mol. The molecule has 0 N–H and O–H groups in total. The molecule has 2 aliphatic rings. The van der Waals surface area contributed by atoms with Gasteiger partial charge in [0.1, 0.15) is 13.2 Å². The standard InChI is InChI=1S/C19H18BrNO3/c20-15-2-4-16(5-3-15)21-8-7-14(19(21)22)11-13-1-6-17-18(12-13)24-10-9-23-17/h1-6,12,14H,7-11H2. The van der Waals surface area contributed by atoms with Gasteiger partial charge in [0.05, 0.1) is 0 Å². The van der Waals surface area contributed by atoms with E-state index in [4.69, 9.17) is 9.47 Å². The van der Waals surface area contributed by atoms with Crippen LogP contribution in [0.15, 0.2) is 46.9 Å². The SMILES string of the molecule is O=C1C(Cc2ccc3c(c2)OCCO3)CCN1c1ccc(Br)cc1. The second-order valence-corrected chi connectivity index (χ2v) is 7.05. The molecule has 24 heavy (non-hydrogen) atoms.